The molecule has 0 bridgehead atoms. The van der Waals surface area contributed by atoms with Gasteiger partial charge in [-0.1, -0.05) is 160 Å². The smallest absolute Gasteiger partial charge is 0.328 e. The summed E-state index contributed by atoms with van der Waals surface area (Å²) in [5.41, 5.74) is 0. The highest BCUT2D eigenvalue weighted by Crippen LogP contribution is 2.05. The second kappa shape index (κ2) is 44.0. The molecule has 1 atom stereocenters. The molecule has 0 aromatic rings. The molecule has 6 nitrogen and oxygen atoms in total. The molecule has 2 N–H and O–H groups in total. The van der Waals surface area contributed by atoms with Crippen LogP contribution in [0, 0.1) is 0 Å². The topological polar surface area (TPSA) is 84.5 Å². The molecule has 0 aromatic heterocycles. The van der Waals surface area contributed by atoms with Crippen molar-refractivity contribution in [2.24, 2.45) is 0 Å². The summed E-state index contributed by atoms with van der Waals surface area (Å²) in [5.74, 6) is -0.605. The van der Waals surface area contributed by atoms with Crippen LogP contribution < -0.4 is 10.6 Å². The van der Waals surface area contributed by atoms with E-state index in [1.807, 2.05) is 12.2 Å². The molecule has 0 spiro atoms. The van der Waals surface area contributed by atoms with Crippen molar-refractivity contribution in [1.29, 1.82) is 0 Å². The number of methoxy groups -OCH3 is 1. The maximum atomic E-state index is 12.5. The highest BCUT2D eigenvalue weighted by Gasteiger charge is 2.20. The molecule has 57 heavy (non-hydrogen) atoms. The highest BCUT2D eigenvalue weighted by atomic mass is 16.5. The lowest BCUT2D eigenvalue weighted by atomic mass is 10.1. The summed E-state index contributed by atoms with van der Waals surface area (Å²) < 4.78 is 4.91. The predicted octanol–water partition coefficient (Wildman–Crippen LogP) is 12.9. The molecule has 0 aliphatic rings. The molecule has 2 amide bonds. The zero-order chi connectivity index (χ0) is 41.5. The molecular formula is C51H76N2O4. The van der Waals surface area contributed by atoms with Gasteiger partial charge in [0.25, 0.3) is 0 Å². The van der Waals surface area contributed by atoms with E-state index >= 15 is 0 Å². The first-order valence-electron chi connectivity index (χ1n) is 21.5. The van der Waals surface area contributed by atoms with Crippen molar-refractivity contribution in [3.05, 3.63) is 146 Å². The molecule has 6 heteroatoms. The van der Waals surface area contributed by atoms with Crippen LogP contribution in [0.3, 0.4) is 0 Å². The largest absolute Gasteiger partial charge is 0.467 e. The van der Waals surface area contributed by atoms with Gasteiger partial charge in [0.15, 0.2) is 0 Å². The first kappa shape index (κ1) is 52.3. The van der Waals surface area contributed by atoms with E-state index in [1.54, 1.807) is 0 Å². The third-order valence-corrected chi connectivity index (χ3v) is 8.33. The van der Waals surface area contributed by atoms with Crippen LogP contribution in [0.15, 0.2) is 146 Å². The lowest BCUT2D eigenvalue weighted by Crippen LogP contribution is -2.41. The van der Waals surface area contributed by atoms with Crippen LogP contribution >= 0.6 is 0 Å². The zero-order valence-corrected chi connectivity index (χ0v) is 35.7. The summed E-state index contributed by atoms with van der Waals surface area (Å²) in [5, 5.41) is 5.76. The average molecular weight is 781 g/mol. The molecule has 1 unspecified atom stereocenters. The average Bonchev–Trinajstić information content (AvgIpc) is 3.21. The number of nitrogens with one attached hydrogen (secondary N) is 2. The van der Waals surface area contributed by atoms with Crippen LogP contribution in [0.2, 0.25) is 0 Å². The standard InChI is InChI=1S/C51H76N2O4/c1-4-6-8-10-12-14-16-18-20-22-24-26-28-30-32-34-36-38-40-45-49(54)52-47-43-42-44-48(51(56)57-3)53-50(55)46-41-39-37-35-33-31-29-27-25-23-21-19-17-15-13-11-9-7-5-2/h6-9,12-15,18-21,24-27,30-33,36-39,48H,4-5,10-11,16-17,22-23,28-29,34-35,40-47H2,1-3H3,(H,52,54)(H,53,55). The fourth-order valence-corrected chi connectivity index (χ4v) is 5.16. The zero-order valence-electron chi connectivity index (χ0n) is 35.7. The molecule has 0 radical (unpaired) electrons. The van der Waals surface area contributed by atoms with Crippen LogP contribution in [0.4, 0.5) is 0 Å². The van der Waals surface area contributed by atoms with Gasteiger partial charge < -0.3 is 15.4 Å². The van der Waals surface area contributed by atoms with E-state index in [4.69, 9.17) is 4.74 Å². The Bertz CT molecular complexity index is 1370. The fraction of sp³-hybridized carbons (Fsp3) is 0.471. The van der Waals surface area contributed by atoms with Crippen molar-refractivity contribution < 1.29 is 19.1 Å². The molecule has 0 aliphatic carbocycles. The molecule has 0 heterocycles. The van der Waals surface area contributed by atoms with Crippen molar-refractivity contribution in [1.82, 2.24) is 10.6 Å². The summed E-state index contributed by atoms with van der Waals surface area (Å²) in [6.07, 6.45) is 67.3. The van der Waals surface area contributed by atoms with Crippen molar-refractivity contribution >= 4 is 17.8 Å². The molecule has 0 rings (SSSR count). The van der Waals surface area contributed by atoms with E-state index in [1.165, 1.54) is 7.11 Å². The van der Waals surface area contributed by atoms with Crippen molar-refractivity contribution in [3.63, 3.8) is 0 Å². The van der Waals surface area contributed by atoms with E-state index in [0.717, 1.165) is 77.0 Å². The summed E-state index contributed by atoms with van der Waals surface area (Å²) in [7, 11) is 1.33. The van der Waals surface area contributed by atoms with Crippen molar-refractivity contribution in [2.45, 2.75) is 142 Å². The molecule has 0 fully saturated rings. The molecule has 0 saturated carbocycles. The number of esters is 1. The van der Waals surface area contributed by atoms with Crippen molar-refractivity contribution in [3.8, 4) is 0 Å². The quantitative estimate of drug-likeness (QED) is 0.0381. The first-order chi connectivity index (χ1) is 28.0. The number of ether oxygens (including phenoxy) is 1. The van der Waals surface area contributed by atoms with Gasteiger partial charge in [0.2, 0.25) is 11.8 Å². The van der Waals surface area contributed by atoms with E-state index in [2.05, 4.69) is 158 Å². The number of hydrogen-bond donors (Lipinski definition) is 2. The lowest BCUT2D eigenvalue weighted by Gasteiger charge is -2.16. The molecular weight excluding hydrogens is 705 g/mol. The Morgan fingerprint density at radius 2 is 0.754 bits per heavy atom. The predicted molar refractivity (Wildman–Crippen MR) is 246 cm³/mol. The Balaban J connectivity index is 3.99. The Labute approximate surface area is 347 Å². The Morgan fingerprint density at radius 1 is 0.439 bits per heavy atom. The van der Waals surface area contributed by atoms with E-state index < -0.39 is 12.0 Å². The summed E-state index contributed by atoms with van der Waals surface area (Å²) >= 11 is 0. The van der Waals surface area contributed by atoms with Gasteiger partial charge in [0.1, 0.15) is 6.04 Å². The third-order valence-electron chi connectivity index (χ3n) is 8.33. The van der Waals surface area contributed by atoms with Gasteiger partial charge in [-0.2, -0.15) is 0 Å². The van der Waals surface area contributed by atoms with Crippen LogP contribution in [0.5, 0.6) is 0 Å². The Kier molecular flexibility index (Phi) is 40.4. The van der Waals surface area contributed by atoms with Crippen LogP contribution in [-0.4, -0.2) is 37.5 Å². The normalized spacial score (nSPS) is 13.5. The third kappa shape index (κ3) is 40.8. The second-order valence-electron chi connectivity index (χ2n) is 13.4. The minimum atomic E-state index is -0.684. The second-order valence-corrected chi connectivity index (χ2v) is 13.4. The minimum Gasteiger partial charge on any atom is -0.467 e. The van der Waals surface area contributed by atoms with Gasteiger partial charge in [-0.3, -0.25) is 9.59 Å². The summed E-state index contributed by atoms with van der Waals surface area (Å²) in [6.45, 7) is 4.83. The SMILES string of the molecule is CCC=CCC=CCC=CCC=CCC=CCC=CCCC(=O)NCCCCC(NC(=O)CCC=CCC=CCC=CCC=CCC=CCC=CCC)C(=O)OC. The Hall–Kier alpha value is -4.71. The monoisotopic (exact) mass is 781 g/mol. The fourth-order valence-electron chi connectivity index (χ4n) is 5.16. The maximum absolute atomic E-state index is 12.5. The van der Waals surface area contributed by atoms with Crippen molar-refractivity contribution in [2.75, 3.05) is 13.7 Å². The van der Waals surface area contributed by atoms with Gasteiger partial charge in [0, 0.05) is 19.4 Å². The Morgan fingerprint density at radius 3 is 1.09 bits per heavy atom. The molecule has 0 aromatic carbocycles. The number of rotatable bonds is 35. The van der Waals surface area contributed by atoms with Crippen LogP contribution in [-0.2, 0) is 19.1 Å². The number of hydrogen-bond acceptors (Lipinski definition) is 4. The van der Waals surface area contributed by atoms with E-state index in [0.29, 0.717) is 51.5 Å². The number of carbonyl (C=O) groups is 3. The van der Waals surface area contributed by atoms with Crippen LogP contribution in [0.1, 0.15) is 136 Å². The number of carbonyl (C=O) groups excluding carboxylic acids is 3. The van der Waals surface area contributed by atoms with E-state index in [-0.39, 0.29) is 11.8 Å². The highest BCUT2D eigenvalue weighted by molar-refractivity contribution is 5.84. The molecule has 314 valence electrons. The van der Waals surface area contributed by atoms with Crippen LogP contribution in [0.25, 0.3) is 0 Å². The van der Waals surface area contributed by atoms with E-state index in [9.17, 15) is 14.4 Å². The van der Waals surface area contributed by atoms with Gasteiger partial charge in [-0.25, -0.2) is 4.79 Å². The summed E-state index contributed by atoms with van der Waals surface area (Å²) in [4.78, 5) is 36.9. The number of unbranched alkanes of at least 4 members (excludes halogenated alkanes) is 1. The maximum Gasteiger partial charge on any atom is 0.328 e. The lowest BCUT2D eigenvalue weighted by molar-refractivity contribution is -0.145. The number of amides is 2. The van der Waals surface area contributed by atoms with Gasteiger partial charge in [-0.15, -0.1) is 0 Å². The minimum absolute atomic E-state index is 0.0155. The van der Waals surface area contributed by atoms with Gasteiger partial charge >= 0.3 is 5.97 Å². The summed E-state index contributed by atoms with van der Waals surface area (Å²) in [6, 6.07) is -0.684. The van der Waals surface area contributed by atoms with Gasteiger partial charge in [-0.05, 0) is 109 Å². The molecule has 0 aliphatic heterocycles. The molecule has 0 saturated heterocycles. The first-order valence-corrected chi connectivity index (χ1v) is 21.5. The number of allylic oxidation sites excluding steroid dienone is 24. The van der Waals surface area contributed by atoms with Gasteiger partial charge in [0.05, 0.1) is 7.11 Å².